The minimum atomic E-state index is -1.50. The van der Waals surface area contributed by atoms with Crippen molar-refractivity contribution < 1.29 is 0 Å². The summed E-state index contributed by atoms with van der Waals surface area (Å²) in [6.45, 7) is 14.5. The van der Waals surface area contributed by atoms with Crippen molar-refractivity contribution in [3.8, 4) is 0 Å². The first-order valence-corrected chi connectivity index (χ1v) is 12.4. The van der Waals surface area contributed by atoms with Gasteiger partial charge in [0.2, 0.25) is 0 Å². The summed E-state index contributed by atoms with van der Waals surface area (Å²) in [4.78, 5) is 6.74. The van der Waals surface area contributed by atoms with E-state index in [1.54, 1.807) is 0 Å². The summed E-state index contributed by atoms with van der Waals surface area (Å²) in [6.07, 6.45) is 8.49. The number of fused-ring (bicyclic) bond motifs is 3. The van der Waals surface area contributed by atoms with E-state index in [0.29, 0.717) is 0 Å². The molecule has 3 heteroatoms. The highest BCUT2D eigenvalue weighted by molar-refractivity contribution is 6.76. The lowest BCUT2D eigenvalue weighted by Crippen LogP contribution is -2.60. The number of rotatable bonds is 2. The van der Waals surface area contributed by atoms with Gasteiger partial charge in [0.15, 0.2) is 0 Å². The summed E-state index contributed by atoms with van der Waals surface area (Å²) >= 11 is 0. The van der Waals surface area contributed by atoms with Crippen molar-refractivity contribution in [2.75, 3.05) is 7.05 Å². The van der Waals surface area contributed by atoms with Gasteiger partial charge in [-0.2, -0.15) is 0 Å². The largest absolute Gasteiger partial charge is 0.375 e. The lowest BCUT2D eigenvalue weighted by molar-refractivity contribution is 0.246. The standard InChI is InChI=1S/C19H36N2Si/c1-13-12-16-14-10-8-9-11-15(14)18(17(16)21(13)5)22(6,7)20-19(2,3)4/h12,14-18,20H,8-11H2,1-7H3/t14?,15?,16-,17?,18?/m0/s1. The smallest absolute Gasteiger partial charge is 0.125 e. The number of allylic oxidation sites excluding steroid dienone is 1. The van der Waals surface area contributed by atoms with Gasteiger partial charge >= 0.3 is 0 Å². The Bertz CT molecular complexity index is 463. The molecule has 0 spiro atoms. The van der Waals surface area contributed by atoms with Gasteiger partial charge in [-0.1, -0.05) is 38.4 Å². The quantitative estimate of drug-likeness (QED) is 0.748. The molecule has 1 heterocycles. The molecule has 0 amide bonds. The molecule has 1 aliphatic heterocycles. The van der Waals surface area contributed by atoms with Crippen molar-refractivity contribution in [1.82, 2.24) is 9.88 Å². The van der Waals surface area contributed by atoms with Gasteiger partial charge in [0.25, 0.3) is 0 Å². The maximum atomic E-state index is 4.11. The first-order chi connectivity index (χ1) is 10.1. The number of hydrogen-bond donors (Lipinski definition) is 1. The van der Waals surface area contributed by atoms with Gasteiger partial charge in [0.1, 0.15) is 8.24 Å². The van der Waals surface area contributed by atoms with Gasteiger partial charge in [-0.15, -0.1) is 0 Å². The molecular formula is C19H36N2Si. The van der Waals surface area contributed by atoms with Crippen molar-refractivity contribution in [3.05, 3.63) is 11.8 Å². The second kappa shape index (κ2) is 5.37. The van der Waals surface area contributed by atoms with Gasteiger partial charge in [-0.3, -0.25) is 0 Å². The first kappa shape index (κ1) is 16.6. The van der Waals surface area contributed by atoms with Gasteiger partial charge < -0.3 is 9.88 Å². The van der Waals surface area contributed by atoms with E-state index in [0.717, 1.165) is 29.3 Å². The SMILES string of the molecule is CC1=C[C@H]2C3CCCCC3C([Si](C)(C)NC(C)(C)C)C2N1C. The van der Waals surface area contributed by atoms with E-state index in [2.05, 4.69) is 63.8 Å². The van der Waals surface area contributed by atoms with E-state index in [4.69, 9.17) is 0 Å². The molecule has 4 unspecified atom stereocenters. The van der Waals surface area contributed by atoms with Crippen LogP contribution in [0, 0.1) is 17.8 Å². The third-order valence-corrected chi connectivity index (χ3v) is 10.4. The summed E-state index contributed by atoms with van der Waals surface area (Å²) < 4.78 is 0. The highest BCUT2D eigenvalue weighted by Crippen LogP contribution is 2.59. The number of nitrogens with zero attached hydrogens (tertiary/aromatic N) is 1. The monoisotopic (exact) mass is 320 g/mol. The van der Waals surface area contributed by atoms with Crippen LogP contribution in [0.15, 0.2) is 11.8 Å². The summed E-state index contributed by atoms with van der Waals surface area (Å²) in [5.41, 5.74) is 2.64. The molecule has 0 radical (unpaired) electrons. The molecule has 5 atom stereocenters. The van der Waals surface area contributed by atoms with E-state index in [1.165, 1.54) is 31.4 Å². The van der Waals surface area contributed by atoms with Crippen molar-refractivity contribution in [3.63, 3.8) is 0 Å². The Morgan fingerprint density at radius 3 is 2.32 bits per heavy atom. The summed E-state index contributed by atoms with van der Waals surface area (Å²) in [7, 11) is 0.853. The van der Waals surface area contributed by atoms with Crippen LogP contribution in [0.2, 0.25) is 18.6 Å². The van der Waals surface area contributed by atoms with Crippen LogP contribution in [-0.4, -0.2) is 31.8 Å². The normalized spacial score (nSPS) is 38.8. The fraction of sp³-hybridized carbons (Fsp3) is 0.895. The Balaban J connectivity index is 1.94. The molecule has 0 saturated heterocycles. The van der Waals surface area contributed by atoms with Crippen molar-refractivity contribution >= 4 is 8.24 Å². The fourth-order valence-corrected chi connectivity index (χ4v) is 11.1. The molecular weight excluding hydrogens is 284 g/mol. The van der Waals surface area contributed by atoms with Crippen LogP contribution in [0.5, 0.6) is 0 Å². The molecule has 1 N–H and O–H groups in total. The van der Waals surface area contributed by atoms with Gasteiger partial charge in [0.05, 0.1) is 0 Å². The molecule has 0 aromatic heterocycles. The molecule has 3 rings (SSSR count). The predicted octanol–water partition coefficient (Wildman–Crippen LogP) is 4.60. The topological polar surface area (TPSA) is 15.3 Å². The highest BCUT2D eigenvalue weighted by atomic mass is 28.3. The van der Waals surface area contributed by atoms with Crippen LogP contribution in [0.25, 0.3) is 0 Å². The molecule has 0 aromatic carbocycles. The minimum absolute atomic E-state index is 0.234. The van der Waals surface area contributed by atoms with Crippen LogP contribution in [0.4, 0.5) is 0 Å². The molecule has 0 aromatic rings. The summed E-state index contributed by atoms with van der Waals surface area (Å²) in [5.74, 6) is 2.75. The molecule has 2 fully saturated rings. The van der Waals surface area contributed by atoms with Gasteiger partial charge in [0, 0.05) is 30.2 Å². The molecule has 3 aliphatic rings. The maximum absolute atomic E-state index is 4.11. The Morgan fingerprint density at radius 2 is 1.73 bits per heavy atom. The third kappa shape index (κ3) is 2.69. The van der Waals surface area contributed by atoms with Crippen LogP contribution in [0.1, 0.15) is 53.4 Å². The molecule has 2 aliphatic carbocycles. The zero-order valence-corrected chi connectivity index (χ0v) is 16.7. The Morgan fingerprint density at radius 1 is 1.14 bits per heavy atom. The van der Waals surface area contributed by atoms with Crippen molar-refractivity contribution in [1.29, 1.82) is 0 Å². The molecule has 126 valence electrons. The first-order valence-electron chi connectivity index (χ1n) is 9.32. The van der Waals surface area contributed by atoms with E-state index in [1.807, 2.05) is 0 Å². The maximum Gasteiger partial charge on any atom is 0.125 e. The molecule has 2 saturated carbocycles. The summed E-state index contributed by atoms with van der Waals surface area (Å²) in [6, 6.07) is 0.768. The average Bonchev–Trinajstić information content (AvgIpc) is 2.83. The third-order valence-electron chi connectivity index (χ3n) is 6.56. The minimum Gasteiger partial charge on any atom is -0.375 e. The van der Waals surface area contributed by atoms with E-state index < -0.39 is 8.24 Å². The fourth-order valence-electron chi connectivity index (χ4n) is 6.22. The molecule has 0 bridgehead atoms. The molecule has 2 nitrogen and oxygen atoms in total. The van der Waals surface area contributed by atoms with Crippen LogP contribution in [0.3, 0.4) is 0 Å². The van der Waals surface area contributed by atoms with Crippen molar-refractivity contribution in [2.24, 2.45) is 17.8 Å². The van der Waals surface area contributed by atoms with Crippen LogP contribution >= 0.6 is 0 Å². The average molecular weight is 321 g/mol. The molecule has 22 heavy (non-hydrogen) atoms. The van der Waals surface area contributed by atoms with Gasteiger partial charge in [-0.25, -0.2) is 0 Å². The zero-order chi connectivity index (χ0) is 16.3. The second-order valence-corrected chi connectivity index (χ2v) is 14.1. The van der Waals surface area contributed by atoms with Crippen LogP contribution in [-0.2, 0) is 0 Å². The Hall–Kier alpha value is -0.283. The lowest BCUT2D eigenvalue weighted by atomic mass is 9.78. The van der Waals surface area contributed by atoms with E-state index in [9.17, 15) is 0 Å². The van der Waals surface area contributed by atoms with E-state index >= 15 is 0 Å². The van der Waals surface area contributed by atoms with E-state index in [-0.39, 0.29) is 5.54 Å². The second-order valence-electron chi connectivity index (χ2n) is 9.72. The van der Waals surface area contributed by atoms with Crippen LogP contribution < -0.4 is 4.98 Å². The highest BCUT2D eigenvalue weighted by Gasteiger charge is 2.58. The predicted molar refractivity (Wildman–Crippen MR) is 98.4 cm³/mol. The number of nitrogens with one attached hydrogen (secondary N) is 1. The Labute approximate surface area is 138 Å². The number of hydrogen-bond acceptors (Lipinski definition) is 2. The van der Waals surface area contributed by atoms with Crippen molar-refractivity contribution in [2.45, 2.75) is 83.6 Å². The Kier molecular flexibility index (Phi) is 4.05. The summed E-state index contributed by atoms with van der Waals surface area (Å²) in [5, 5.41) is 0. The lowest BCUT2D eigenvalue weighted by Gasteiger charge is -2.45. The zero-order valence-electron chi connectivity index (χ0n) is 15.7. The van der Waals surface area contributed by atoms with Gasteiger partial charge in [-0.05, 0) is 51.5 Å².